The maximum absolute atomic E-state index is 11.8. The SMILES string of the molecule is Cc1cc(N2C(=S)NC(c3ccccn3)C2c2cc(C)n(-c3cccc(Br)c3)c2C)ccc1NS(C)(=O)=O. The second kappa shape index (κ2) is 10.2. The van der Waals surface area contributed by atoms with Crippen molar-refractivity contribution < 1.29 is 8.42 Å². The van der Waals surface area contributed by atoms with E-state index in [4.69, 9.17) is 12.2 Å². The Morgan fingerprint density at radius 1 is 1.00 bits per heavy atom. The highest BCUT2D eigenvalue weighted by Gasteiger charge is 2.42. The lowest BCUT2D eigenvalue weighted by molar-refractivity contribution is 0.565. The third kappa shape index (κ3) is 5.08. The Balaban J connectivity index is 1.65. The number of aromatic nitrogens is 2. The molecular weight excluding hydrogens is 582 g/mol. The second-order valence-corrected chi connectivity index (χ2v) is 12.6. The Hall–Kier alpha value is -3.21. The molecule has 0 aliphatic carbocycles. The normalized spacial score (nSPS) is 17.5. The number of thiocarbonyl (C=S) groups is 1. The molecule has 1 aliphatic heterocycles. The fourth-order valence-corrected chi connectivity index (χ4v) is 6.52. The first kappa shape index (κ1) is 26.4. The predicted octanol–water partition coefficient (Wildman–Crippen LogP) is 6.11. The molecule has 0 spiro atoms. The van der Waals surface area contributed by atoms with Gasteiger partial charge in [-0.15, -0.1) is 0 Å². The lowest BCUT2D eigenvalue weighted by atomic mass is 9.96. The van der Waals surface area contributed by atoms with Gasteiger partial charge in [-0.05, 0) is 98.7 Å². The molecule has 0 bridgehead atoms. The minimum Gasteiger partial charge on any atom is -0.351 e. The van der Waals surface area contributed by atoms with E-state index in [0.29, 0.717) is 10.8 Å². The van der Waals surface area contributed by atoms with E-state index in [2.05, 4.69) is 72.5 Å². The molecule has 0 amide bonds. The number of aryl methyl sites for hydroxylation is 2. The van der Waals surface area contributed by atoms with Crippen LogP contribution in [-0.2, 0) is 10.0 Å². The molecule has 2 aromatic carbocycles. The van der Waals surface area contributed by atoms with Crippen LogP contribution in [-0.4, -0.2) is 29.3 Å². The van der Waals surface area contributed by atoms with Crippen LogP contribution < -0.4 is 14.9 Å². The molecule has 2 N–H and O–H groups in total. The number of hydrogen-bond donors (Lipinski definition) is 2. The van der Waals surface area contributed by atoms with Crippen LogP contribution in [0.2, 0.25) is 0 Å². The summed E-state index contributed by atoms with van der Waals surface area (Å²) in [5.74, 6) is 0. The summed E-state index contributed by atoms with van der Waals surface area (Å²) < 4.78 is 29.5. The molecule has 2 atom stereocenters. The van der Waals surface area contributed by atoms with Gasteiger partial charge in [0.25, 0.3) is 0 Å². The fraction of sp³-hybridized carbons (Fsp3) is 0.214. The lowest BCUT2D eigenvalue weighted by Gasteiger charge is -2.29. The largest absolute Gasteiger partial charge is 0.351 e. The Morgan fingerprint density at radius 2 is 1.79 bits per heavy atom. The van der Waals surface area contributed by atoms with Gasteiger partial charge in [-0.2, -0.15) is 0 Å². The summed E-state index contributed by atoms with van der Waals surface area (Å²) >= 11 is 9.50. The van der Waals surface area contributed by atoms with Crippen molar-refractivity contribution in [2.45, 2.75) is 32.9 Å². The number of benzene rings is 2. The van der Waals surface area contributed by atoms with Crippen LogP contribution in [0.5, 0.6) is 0 Å². The summed E-state index contributed by atoms with van der Waals surface area (Å²) in [5.41, 5.74) is 7.52. The number of anilines is 2. The number of hydrogen-bond acceptors (Lipinski definition) is 4. The highest BCUT2D eigenvalue weighted by atomic mass is 79.9. The molecule has 38 heavy (non-hydrogen) atoms. The summed E-state index contributed by atoms with van der Waals surface area (Å²) in [7, 11) is -3.39. The van der Waals surface area contributed by atoms with E-state index < -0.39 is 10.0 Å². The number of sulfonamides is 1. The van der Waals surface area contributed by atoms with E-state index in [0.717, 1.165) is 50.3 Å². The monoisotopic (exact) mass is 609 g/mol. The van der Waals surface area contributed by atoms with E-state index in [9.17, 15) is 8.42 Å². The van der Waals surface area contributed by atoms with Gasteiger partial charge in [-0.25, -0.2) is 8.42 Å². The molecule has 196 valence electrons. The fourth-order valence-electron chi connectivity index (χ4n) is 5.16. The summed E-state index contributed by atoms with van der Waals surface area (Å²) in [4.78, 5) is 6.77. The maximum atomic E-state index is 11.8. The van der Waals surface area contributed by atoms with Crippen LogP contribution in [0.25, 0.3) is 5.69 Å². The summed E-state index contributed by atoms with van der Waals surface area (Å²) in [5, 5.41) is 4.10. The molecule has 2 unspecified atom stereocenters. The second-order valence-electron chi connectivity index (χ2n) is 9.51. The smallest absolute Gasteiger partial charge is 0.229 e. The van der Waals surface area contributed by atoms with Crippen molar-refractivity contribution in [2.75, 3.05) is 15.9 Å². The molecular formula is C28H28BrN5O2S2. The third-order valence-corrected chi connectivity index (χ3v) is 8.14. The van der Waals surface area contributed by atoms with Crippen LogP contribution in [0.3, 0.4) is 0 Å². The maximum Gasteiger partial charge on any atom is 0.229 e. The van der Waals surface area contributed by atoms with Gasteiger partial charge >= 0.3 is 0 Å². The molecule has 10 heteroatoms. The zero-order chi connectivity index (χ0) is 27.2. The van der Waals surface area contributed by atoms with Gasteiger partial charge in [0.2, 0.25) is 10.0 Å². The number of halogens is 1. The Morgan fingerprint density at radius 3 is 2.45 bits per heavy atom. The van der Waals surface area contributed by atoms with Crippen LogP contribution in [0, 0.1) is 20.8 Å². The summed E-state index contributed by atoms with van der Waals surface area (Å²) in [6, 6.07) is 21.6. The number of nitrogens with zero attached hydrogens (tertiary/aromatic N) is 3. The molecule has 1 saturated heterocycles. The van der Waals surface area contributed by atoms with Crippen molar-refractivity contribution in [3.05, 3.63) is 106 Å². The van der Waals surface area contributed by atoms with Gasteiger partial charge in [0.15, 0.2) is 5.11 Å². The Labute approximate surface area is 237 Å². The van der Waals surface area contributed by atoms with Gasteiger partial charge in [0.1, 0.15) is 0 Å². The van der Waals surface area contributed by atoms with Gasteiger partial charge in [-0.3, -0.25) is 9.71 Å². The molecule has 7 nitrogen and oxygen atoms in total. The summed E-state index contributed by atoms with van der Waals surface area (Å²) in [6.45, 7) is 6.12. The van der Waals surface area contributed by atoms with Crippen LogP contribution >= 0.6 is 28.1 Å². The van der Waals surface area contributed by atoms with Crippen molar-refractivity contribution in [3.8, 4) is 5.69 Å². The number of nitrogens with one attached hydrogen (secondary N) is 2. The quantitative estimate of drug-likeness (QED) is 0.257. The lowest BCUT2D eigenvalue weighted by Crippen LogP contribution is -2.29. The topological polar surface area (TPSA) is 79.3 Å². The Bertz CT molecular complexity index is 1640. The van der Waals surface area contributed by atoms with Crippen molar-refractivity contribution in [1.82, 2.24) is 14.9 Å². The first-order valence-electron chi connectivity index (χ1n) is 12.1. The zero-order valence-electron chi connectivity index (χ0n) is 21.4. The van der Waals surface area contributed by atoms with Gasteiger partial charge in [0, 0.05) is 33.4 Å². The van der Waals surface area contributed by atoms with Crippen molar-refractivity contribution in [3.63, 3.8) is 0 Å². The van der Waals surface area contributed by atoms with Gasteiger partial charge in [-0.1, -0.05) is 28.1 Å². The molecule has 3 heterocycles. The third-order valence-electron chi connectivity index (χ3n) is 6.74. The average Bonchev–Trinajstić information content (AvgIpc) is 3.35. The van der Waals surface area contributed by atoms with Crippen LogP contribution in [0.15, 0.2) is 77.4 Å². The first-order valence-corrected chi connectivity index (χ1v) is 15.2. The molecule has 2 aromatic heterocycles. The van der Waals surface area contributed by atoms with E-state index in [1.54, 1.807) is 12.3 Å². The predicted molar refractivity (Wildman–Crippen MR) is 161 cm³/mol. The number of pyridine rings is 1. The molecule has 5 rings (SSSR count). The minimum atomic E-state index is -3.39. The van der Waals surface area contributed by atoms with E-state index in [1.165, 1.54) is 0 Å². The van der Waals surface area contributed by atoms with Crippen LogP contribution in [0.1, 0.15) is 40.3 Å². The summed E-state index contributed by atoms with van der Waals surface area (Å²) in [6.07, 6.45) is 2.94. The number of rotatable bonds is 6. The molecule has 1 fully saturated rings. The average molecular weight is 611 g/mol. The van der Waals surface area contributed by atoms with Gasteiger partial charge < -0.3 is 14.8 Å². The Kier molecular flexibility index (Phi) is 7.06. The standard InChI is InChI=1S/C28H28BrN5O2S2/c1-17-14-22(11-12-24(17)32-38(4,35)36)34-27(26(31-28(34)37)25-10-5-6-13-30-25)23-15-18(2)33(19(23)3)21-9-7-8-20(29)16-21/h5-16,26-27,32H,1-4H3,(H,31,37). The zero-order valence-corrected chi connectivity index (χ0v) is 24.7. The first-order chi connectivity index (χ1) is 18.0. The minimum absolute atomic E-state index is 0.183. The molecule has 0 radical (unpaired) electrons. The van der Waals surface area contributed by atoms with E-state index >= 15 is 0 Å². The van der Waals surface area contributed by atoms with Gasteiger partial charge in [0.05, 0.1) is 29.7 Å². The molecule has 1 aliphatic rings. The van der Waals surface area contributed by atoms with Crippen molar-refractivity contribution in [1.29, 1.82) is 0 Å². The highest BCUT2D eigenvalue weighted by Crippen LogP contribution is 2.44. The highest BCUT2D eigenvalue weighted by molar-refractivity contribution is 9.10. The van der Waals surface area contributed by atoms with E-state index in [-0.39, 0.29) is 12.1 Å². The van der Waals surface area contributed by atoms with Crippen molar-refractivity contribution >= 4 is 54.7 Å². The van der Waals surface area contributed by atoms with Crippen molar-refractivity contribution in [2.24, 2.45) is 0 Å². The van der Waals surface area contributed by atoms with E-state index in [1.807, 2.05) is 49.4 Å². The molecule has 0 saturated carbocycles. The molecule has 4 aromatic rings. The van der Waals surface area contributed by atoms with Crippen LogP contribution in [0.4, 0.5) is 11.4 Å².